The average Bonchev–Trinajstić information content (AvgIpc) is 1.99. The number of rotatable bonds is 5. The Hall–Kier alpha value is -0.370. The van der Waals surface area contributed by atoms with Crippen LogP contribution in [0.15, 0.2) is 0 Å². The van der Waals surface area contributed by atoms with Crippen molar-refractivity contribution in [1.82, 2.24) is 0 Å². The van der Waals surface area contributed by atoms with Gasteiger partial charge in [0.15, 0.2) is 5.78 Å². The lowest BCUT2D eigenvalue weighted by molar-refractivity contribution is -0.129. The zero-order chi connectivity index (χ0) is 8.85. The minimum atomic E-state index is -0.190. The maximum Gasteiger partial charge on any atom is 0.158 e. The molecule has 0 aromatic rings. The lowest BCUT2D eigenvalue weighted by atomic mass is 9.94. The summed E-state index contributed by atoms with van der Waals surface area (Å²) in [4.78, 5) is 11.0. The van der Waals surface area contributed by atoms with Gasteiger partial charge in [0.25, 0.3) is 0 Å². The summed E-state index contributed by atoms with van der Waals surface area (Å²) in [5, 5.41) is 0. The molecule has 0 N–H and O–H groups in total. The van der Waals surface area contributed by atoms with Gasteiger partial charge in [0.05, 0.1) is 0 Å². The zero-order valence-electron chi connectivity index (χ0n) is 7.89. The molecule has 0 rings (SSSR count). The first-order chi connectivity index (χ1) is 5.17. The predicted octanol–water partition coefficient (Wildman–Crippen LogP) is 2.03. The third-order valence-corrected chi connectivity index (χ3v) is 2.13. The molecule has 11 heavy (non-hydrogen) atoms. The molecular formula is C9H18O2. The van der Waals surface area contributed by atoms with Gasteiger partial charge in [0.1, 0.15) is 6.10 Å². The van der Waals surface area contributed by atoms with Crippen molar-refractivity contribution in [3.8, 4) is 0 Å². The van der Waals surface area contributed by atoms with Gasteiger partial charge in [-0.1, -0.05) is 26.7 Å². The standard InChI is InChI=1S/C9H18O2/c1-5-8(6-2)9(11-4)7(3)10/h8-9H,5-6H2,1-4H3. The van der Waals surface area contributed by atoms with Gasteiger partial charge in [-0.3, -0.25) is 4.79 Å². The van der Waals surface area contributed by atoms with Crippen LogP contribution in [0.2, 0.25) is 0 Å². The van der Waals surface area contributed by atoms with Crippen LogP contribution in [0.25, 0.3) is 0 Å². The predicted molar refractivity (Wildman–Crippen MR) is 45.6 cm³/mol. The topological polar surface area (TPSA) is 26.3 Å². The molecule has 1 unspecified atom stereocenters. The molecule has 0 aromatic carbocycles. The maximum atomic E-state index is 11.0. The number of hydrogen-bond donors (Lipinski definition) is 0. The van der Waals surface area contributed by atoms with Gasteiger partial charge < -0.3 is 4.74 Å². The summed E-state index contributed by atoms with van der Waals surface area (Å²) < 4.78 is 5.11. The second-order valence-corrected chi connectivity index (χ2v) is 2.84. The normalized spacial score (nSPS) is 13.5. The number of carbonyl (C=O) groups is 1. The van der Waals surface area contributed by atoms with E-state index in [4.69, 9.17) is 4.74 Å². The van der Waals surface area contributed by atoms with E-state index >= 15 is 0 Å². The van der Waals surface area contributed by atoms with Crippen LogP contribution in [0.3, 0.4) is 0 Å². The van der Waals surface area contributed by atoms with Crippen molar-refractivity contribution in [1.29, 1.82) is 0 Å². The van der Waals surface area contributed by atoms with Crippen LogP contribution in [-0.4, -0.2) is 19.0 Å². The number of hydrogen-bond acceptors (Lipinski definition) is 2. The van der Waals surface area contributed by atoms with Crippen LogP contribution in [0.1, 0.15) is 33.6 Å². The SMILES string of the molecule is CCC(CC)C(OC)C(C)=O. The van der Waals surface area contributed by atoms with Gasteiger partial charge >= 0.3 is 0 Å². The molecule has 0 aliphatic heterocycles. The fourth-order valence-electron chi connectivity index (χ4n) is 1.41. The molecule has 1 atom stereocenters. The van der Waals surface area contributed by atoms with E-state index in [2.05, 4.69) is 13.8 Å². The van der Waals surface area contributed by atoms with Crippen LogP contribution in [0.4, 0.5) is 0 Å². The molecule has 0 aliphatic rings. The molecule has 0 heterocycles. The lowest BCUT2D eigenvalue weighted by Crippen LogP contribution is -2.29. The smallest absolute Gasteiger partial charge is 0.158 e. The Morgan fingerprint density at radius 1 is 1.36 bits per heavy atom. The quantitative estimate of drug-likeness (QED) is 0.612. The van der Waals surface area contributed by atoms with Gasteiger partial charge in [-0.15, -0.1) is 0 Å². The second kappa shape index (κ2) is 5.30. The summed E-state index contributed by atoms with van der Waals surface area (Å²) in [6.45, 7) is 5.76. The van der Waals surface area contributed by atoms with E-state index in [9.17, 15) is 4.79 Å². The van der Waals surface area contributed by atoms with Crippen LogP contribution < -0.4 is 0 Å². The summed E-state index contributed by atoms with van der Waals surface area (Å²) in [6, 6.07) is 0. The van der Waals surface area contributed by atoms with E-state index in [1.807, 2.05) is 0 Å². The summed E-state index contributed by atoms with van der Waals surface area (Å²) in [7, 11) is 1.60. The number of ketones is 1. The van der Waals surface area contributed by atoms with E-state index in [1.165, 1.54) is 0 Å². The Balaban J connectivity index is 4.09. The number of methoxy groups -OCH3 is 1. The summed E-state index contributed by atoms with van der Waals surface area (Å²) >= 11 is 0. The van der Waals surface area contributed by atoms with Gasteiger partial charge in [-0.05, 0) is 12.8 Å². The first kappa shape index (κ1) is 10.6. The minimum absolute atomic E-state index is 0.140. The highest BCUT2D eigenvalue weighted by molar-refractivity contribution is 5.80. The largest absolute Gasteiger partial charge is 0.373 e. The zero-order valence-corrected chi connectivity index (χ0v) is 7.89. The maximum absolute atomic E-state index is 11.0. The highest BCUT2D eigenvalue weighted by Crippen LogP contribution is 2.16. The average molecular weight is 158 g/mol. The molecular weight excluding hydrogens is 140 g/mol. The molecule has 66 valence electrons. The van der Waals surface area contributed by atoms with Crippen LogP contribution in [-0.2, 0) is 9.53 Å². The highest BCUT2D eigenvalue weighted by atomic mass is 16.5. The van der Waals surface area contributed by atoms with Crippen LogP contribution in [0, 0.1) is 5.92 Å². The third kappa shape index (κ3) is 3.02. The van der Waals surface area contributed by atoms with Gasteiger partial charge in [0, 0.05) is 7.11 Å². The molecule has 0 saturated heterocycles. The third-order valence-electron chi connectivity index (χ3n) is 2.13. The van der Waals surface area contributed by atoms with Crippen molar-refractivity contribution < 1.29 is 9.53 Å². The van der Waals surface area contributed by atoms with Crippen molar-refractivity contribution in [3.05, 3.63) is 0 Å². The monoisotopic (exact) mass is 158 g/mol. The Morgan fingerprint density at radius 2 is 1.82 bits per heavy atom. The van der Waals surface area contributed by atoms with Crippen LogP contribution >= 0.6 is 0 Å². The van der Waals surface area contributed by atoms with E-state index in [0.717, 1.165) is 12.8 Å². The Labute approximate surface area is 68.9 Å². The van der Waals surface area contributed by atoms with E-state index < -0.39 is 0 Å². The second-order valence-electron chi connectivity index (χ2n) is 2.84. The van der Waals surface area contributed by atoms with Crippen molar-refractivity contribution >= 4 is 5.78 Å². The first-order valence-corrected chi connectivity index (χ1v) is 4.20. The highest BCUT2D eigenvalue weighted by Gasteiger charge is 2.21. The number of ether oxygens (including phenoxy) is 1. The van der Waals surface area contributed by atoms with Crippen molar-refractivity contribution in [3.63, 3.8) is 0 Å². The molecule has 2 nitrogen and oxygen atoms in total. The summed E-state index contributed by atoms with van der Waals surface area (Å²) in [5.74, 6) is 0.527. The molecule has 0 aromatic heterocycles. The molecule has 0 bridgehead atoms. The molecule has 0 fully saturated rings. The van der Waals surface area contributed by atoms with Crippen LogP contribution in [0.5, 0.6) is 0 Å². The summed E-state index contributed by atoms with van der Waals surface area (Å²) in [6.07, 6.45) is 1.83. The number of Topliss-reactive ketones (excluding diaryl/α,β-unsaturated/α-hetero) is 1. The minimum Gasteiger partial charge on any atom is -0.373 e. The fraction of sp³-hybridized carbons (Fsp3) is 0.889. The van der Waals surface area contributed by atoms with E-state index in [1.54, 1.807) is 14.0 Å². The molecule has 0 amide bonds. The van der Waals surface area contributed by atoms with Gasteiger partial charge in [-0.2, -0.15) is 0 Å². The van der Waals surface area contributed by atoms with E-state index in [0.29, 0.717) is 5.92 Å². The van der Waals surface area contributed by atoms with Gasteiger partial charge in [0.2, 0.25) is 0 Å². The lowest BCUT2D eigenvalue weighted by Gasteiger charge is -2.20. The molecule has 0 aliphatic carbocycles. The number of carbonyl (C=O) groups excluding carboxylic acids is 1. The Morgan fingerprint density at radius 3 is 1.91 bits per heavy atom. The van der Waals surface area contributed by atoms with Crippen molar-refractivity contribution in [2.75, 3.05) is 7.11 Å². The first-order valence-electron chi connectivity index (χ1n) is 4.20. The Kier molecular flexibility index (Phi) is 5.12. The Bertz CT molecular complexity index is 117. The van der Waals surface area contributed by atoms with Gasteiger partial charge in [-0.25, -0.2) is 0 Å². The molecule has 0 radical (unpaired) electrons. The molecule has 0 saturated carbocycles. The van der Waals surface area contributed by atoms with E-state index in [-0.39, 0.29) is 11.9 Å². The summed E-state index contributed by atoms with van der Waals surface area (Å²) in [5.41, 5.74) is 0. The fourth-order valence-corrected chi connectivity index (χ4v) is 1.41. The van der Waals surface area contributed by atoms with Crippen molar-refractivity contribution in [2.45, 2.75) is 39.7 Å². The molecule has 2 heteroatoms. The molecule has 0 spiro atoms. The van der Waals surface area contributed by atoms with Crippen molar-refractivity contribution in [2.24, 2.45) is 5.92 Å².